The Kier molecular flexibility index (Phi) is 15.6. The van der Waals surface area contributed by atoms with Gasteiger partial charge in [0.25, 0.3) is 0 Å². The van der Waals surface area contributed by atoms with E-state index in [1.165, 1.54) is 48.5 Å². The van der Waals surface area contributed by atoms with Crippen molar-refractivity contribution in [3.05, 3.63) is 254 Å². The Morgan fingerprint density at radius 1 is 0.411 bits per heavy atom. The number of hydrogen-bond donors (Lipinski definition) is 0. The van der Waals surface area contributed by atoms with E-state index in [9.17, 15) is 39.7 Å². The summed E-state index contributed by atoms with van der Waals surface area (Å²) in [6, 6.07) is 27.2. The van der Waals surface area contributed by atoms with Crippen molar-refractivity contribution in [3.8, 4) is 50.8 Å². The van der Waals surface area contributed by atoms with Crippen LogP contribution in [-0.2, 0) is 29.5 Å². The molecule has 0 unspecified atom stereocenters. The number of halogens is 13. The molecule has 0 aliphatic rings. The van der Waals surface area contributed by atoms with Crippen molar-refractivity contribution >= 4 is 109 Å². The van der Waals surface area contributed by atoms with E-state index < -0.39 is 159 Å². The minimum atomic E-state index is -5.14. The van der Waals surface area contributed by atoms with Gasteiger partial charge >= 0.3 is 0 Å². The molecule has 12 aromatic rings. The van der Waals surface area contributed by atoms with Crippen LogP contribution in [0.5, 0.6) is 0 Å². The van der Waals surface area contributed by atoms with Crippen molar-refractivity contribution in [3.63, 3.8) is 0 Å². The fourth-order valence-electron chi connectivity index (χ4n) is 10.5. The molecule has 9 aromatic carbocycles. The predicted molar refractivity (Wildman–Crippen MR) is 316 cm³/mol. The Morgan fingerprint density at radius 2 is 0.978 bits per heavy atom. The summed E-state index contributed by atoms with van der Waals surface area (Å²) in [5, 5.41) is 7.29. The number of nitrogens with zero attached hydrogens (tertiary/aromatic N) is 4. The third kappa shape index (κ3) is 10.3. The molecule has 448 valence electrons. The first kappa shape index (κ1) is 61.3. The van der Waals surface area contributed by atoms with Gasteiger partial charge in [0.1, 0.15) is 44.4 Å². The zero-order valence-electron chi connectivity index (χ0n) is 44.6. The standard InChI is InChI=1S/C64H29Cl4F9N4O6S3/c65-42-14-13-40-60(57(28-79-64(40)63(42)77)88(82,83)36-10-17-49(72)52(75)24-36)32-6-18-54(53(76)20-32)81-30-59(90(86,87)35-9-16-48(71)44(67)23-35)61(39-11-5-31(27-78)19-55(39)81)38-12-7-33(21-50(38)73)80-29-58(89(84,85)34-8-15-47(70)43(66)22-34)62(37-3-1-2-4-46(37)69)41-25-45(68)51(74)26-56(41)80/h1-26,28-30H/q+2. The molecule has 0 bridgehead atoms. The topological polar surface area (TPSA) is 147 Å². The molecule has 0 aliphatic heterocycles. The summed E-state index contributed by atoms with van der Waals surface area (Å²) < 4.78 is 232. The van der Waals surface area contributed by atoms with Gasteiger partial charge in [-0.05, 0) is 109 Å². The summed E-state index contributed by atoms with van der Waals surface area (Å²) in [7, 11) is -15.0. The lowest BCUT2D eigenvalue weighted by molar-refractivity contribution is -0.571. The highest BCUT2D eigenvalue weighted by Gasteiger charge is 2.37. The molecule has 0 amide bonds. The number of nitriles is 1. The molecule has 26 heteroatoms. The van der Waals surface area contributed by atoms with Gasteiger partial charge in [0.15, 0.2) is 35.7 Å². The van der Waals surface area contributed by atoms with Crippen molar-refractivity contribution in [2.24, 2.45) is 0 Å². The van der Waals surface area contributed by atoms with E-state index in [0.29, 0.717) is 18.3 Å². The molecule has 3 heterocycles. The molecule has 0 aliphatic carbocycles. The maximum atomic E-state index is 17.9. The largest absolute Gasteiger partial charge is 0.252 e. The van der Waals surface area contributed by atoms with Crippen LogP contribution in [0.4, 0.5) is 39.5 Å². The highest BCUT2D eigenvalue weighted by atomic mass is 35.5. The highest BCUT2D eigenvalue weighted by Crippen LogP contribution is 2.44. The normalized spacial score (nSPS) is 12.1. The molecule has 3 aromatic heterocycles. The van der Waals surface area contributed by atoms with E-state index in [1.54, 1.807) is 0 Å². The second-order valence-electron chi connectivity index (χ2n) is 19.9. The zero-order valence-corrected chi connectivity index (χ0v) is 50.1. The third-order valence-corrected chi connectivity index (χ3v) is 21.2. The van der Waals surface area contributed by atoms with Gasteiger partial charge in [0.2, 0.25) is 51.9 Å². The molecule has 12 rings (SSSR count). The number of fused-ring (bicyclic) bond motifs is 3. The number of aromatic nitrogens is 3. The predicted octanol–water partition coefficient (Wildman–Crippen LogP) is 16.3. The van der Waals surface area contributed by atoms with Crippen LogP contribution in [0.15, 0.2) is 206 Å². The summed E-state index contributed by atoms with van der Waals surface area (Å²) in [4.78, 5) is -0.329. The van der Waals surface area contributed by atoms with Crippen LogP contribution in [0.1, 0.15) is 5.56 Å². The van der Waals surface area contributed by atoms with Gasteiger partial charge in [-0.3, -0.25) is 4.98 Å². The van der Waals surface area contributed by atoms with Gasteiger partial charge in [-0.2, -0.15) is 18.8 Å². The van der Waals surface area contributed by atoms with E-state index in [0.717, 1.165) is 119 Å². The molecule has 0 spiro atoms. The van der Waals surface area contributed by atoms with Crippen LogP contribution in [-0.4, -0.2) is 30.2 Å². The second kappa shape index (κ2) is 22.8. The van der Waals surface area contributed by atoms with Gasteiger partial charge in [0.05, 0.1) is 62.1 Å². The van der Waals surface area contributed by atoms with E-state index in [-0.39, 0.29) is 55.1 Å². The van der Waals surface area contributed by atoms with Crippen LogP contribution in [0.25, 0.3) is 77.5 Å². The molecule has 0 saturated heterocycles. The van der Waals surface area contributed by atoms with Crippen LogP contribution >= 0.6 is 46.4 Å². The monoisotopic (exact) mass is 1360 g/mol. The first-order valence-electron chi connectivity index (χ1n) is 25.7. The number of pyridine rings is 3. The fraction of sp³-hybridized carbons (Fsp3) is 0. The average Bonchev–Trinajstić information content (AvgIpc) is 0.759. The molecule has 90 heavy (non-hydrogen) atoms. The van der Waals surface area contributed by atoms with Gasteiger partial charge in [0, 0.05) is 69.7 Å². The second-order valence-corrected chi connectivity index (χ2v) is 27.3. The SMILES string of the molecule is N#Cc1ccc2c(-c3ccc(-[n+]4cc(S(=O)(=O)c5ccc(F)c(Cl)c5)c(-c5ccccc5F)c5cc(Cl)c(F)cc54)cc3F)c(S(=O)(=O)c3ccc(F)c(Cl)c3)c[n+](-c3ccc(-c4c(S(=O)(=O)c5ccc(F)c(F)c5)cnc5c(F)c(Cl)ccc45)cc3F)c2c1. The Morgan fingerprint density at radius 3 is 1.59 bits per heavy atom. The summed E-state index contributed by atoms with van der Waals surface area (Å²) in [5.74, 6) is -10.6. The van der Waals surface area contributed by atoms with Crippen LogP contribution < -0.4 is 9.13 Å². The van der Waals surface area contributed by atoms with E-state index >= 15 is 30.4 Å². The summed E-state index contributed by atoms with van der Waals surface area (Å²) >= 11 is 24.6. The number of benzene rings is 9. The van der Waals surface area contributed by atoms with Crippen LogP contribution in [0.3, 0.4) is 0 Å². The molecule has 0 atom stereocenters. The molecule has 10 nitrogen and oxygen atoms in total. The maximum absolute atomic E-state index is 17.9. The van der Waals surface area contributed by atoms with Crippen molar-refractivity contribution in [2.75, 3.05) is 0 Å². The van der Waals surface area contributed by atoms with Crippen molar-refractivity contribution in [2.45, 2.75) is 29.4 Å². The number of hydrogen-bond acceptors (Lipinski definition) is 8. The summed E-state index contributed by atoms with van der Waals surface area (Å²) in [6.45, 7) is 0. The summed E-state index contributed by atoms with van der Waals surface area (Å²) in [5.41, 5.74) is -4.27. The quantitative estimate of drug-likeness (QED) is 0.0706. The maximum Gasteiger partial charge on any atom is 0.247 e. The molecule has 0 saturated carbocycles. The van der Waals surface area contributed by atoms with E-state index in [1.807, 2.05) is 6.07 Å². The van der Waals surface area contributed by atoms with Crippen molar-refractivity contribution in [1.82, 2.24) is 4.98 Å². The molecular weight excluding hydrogens is 1330 g/mol. The average molecular weight is 1360 g/mol. The zero-order chi connectivity index (χ0) is 64.2. The number of sulfone groups is 3. The Balaban J connectivity index is 1.11. The van der Waals surface area contributed by atoms with Gasteiger partial charge in [-0.15, -0.1) is 0 Å². The molecule has 0 radical (unpaired) electrons. The lowest BCUT2D eigenvalue weighted by Crippen LogP contribution is -2.34. The van der Waals surface area contributed by atoms with Gasteiger partial charge in [-0.1, -0.05) is 70.7 Å². The molecular formula is C64H29Cl4F9N4O6S3+2. The smallest absolute Gasteiger partial charge is 0.247 e. The minimum absolute atomic E-state index is 0.116. The fourth-order valence-corrected chi connectivity index (χ4v) is 15.7. The van der Waals surface area contributed by atoms with Gasteiger partial charge < -0.3 is 0 Å². The lowest BCUT2D eigenvalue weighted by atomic mass is 9.97. The third-order valence-electron chi connectivity index (χ3n) is 14.7. The van der Waals surface area contributed by atoms with Crippen molar-refractivity contribution in [1.29, 1.82) is 5.26 Å². The van der Waals surface area contributed by atoms with Crippen LogP contribution in [0, 0.1) is 63.7 Å². The first-order chi connectivity index (χ1) is 42.7. The Labute approximate surface area is 523 Å². The van der Waals surface area contributed by atoms with Crippen molar-refractivity contribution < 1.29 is 73.9 Å². The van der Waals surface area contributed by atoms with E-state index in [2.05, 4.69) is 4.98 Å². The molecule has 0 fully saturated rings. The van der Waals surface area contributed by atoms with E-state index in [4.69, 9.17) is 46.4 Å². The first-order valence-corrected chi connectivity index (χ1v) is 31.7. The Bertz CT molecular complexity index is 5590. The Hall–Kier alpha value is -8.92. The minimum Gasteiger partial charge on any atom is -0.252 e. The number of rotatable bonds is 11. The van der Waals surface area contributed by atoms with Gasteiger partial charge in [-0.25, -0.2) is 60.4 Å². The highest BCUT2D eigenvalue weighted by molar-refractivity contribution is 7.92. The van der Waals surface area contributed by atoms with Crippen LogP contribution in [0.2, 0.25) is 20.1 Å². The lowest BCUT2D eigenvalue weighted by Gasteiger charge is -2.17. The molecule has 0 N–H and O–H groups in total. The summed E-state index contributed by atoms with van der Waals surface area (Å²) in [6.07, 6.45) is 2.49.